The van der Waals surface area contributed by atoms with Gasteiger partial charge in [-0.25, -0.2) is 4.98 Å². The van der Waals surface area contributed by atoms with Gasteiger partial charge in [-0.1, -0.05) is 17.7 Å². The summed E-state index contributed by atoms with van der Waals surface area (Å²) >= 11 is 7.56. The largest absolute Gasteiger partial charge is 0.507 e. The molecule has 2 aromatic carbocycles. The predicted octanol–water partition coefficient (Wildman–Crippen LogP) is 3.90. The summed E-state index contributed by atoms with van der Waals surface area (Å²) in [5.74, 6) is 0.130. The first-order valence-electron chi connectivity index (χ1n) is 5.29. The zero-order chi connectivity index (χ0) is 12.7. The Balaban J connectivity index is 2.23. The summed E-state index contributed by atoms with van der Waals surface area (Å²) in [5, 5.41) is 11.3. The van der Waals surface area contributed by atoms with Crippen LogP contribution in [0.15, 0.2) is 36.4 Å². The Morgan fingerprint density at radius 3 is 2.78 bits per heavy atom. The summed E-state index contributed by atoms with van der Waals surface area (Å²) in [6.45, 7) is 0. The number of hydrogen-bond donors (Lipinski definition) is 2. The lowest BCUT2D eigenvalue weighted by Gasteiger charge is -2.01. The maximum atomic E-state index is 9.89. The molecule has 0 spiro atoms. The Labute approximate surface area is 112 Å². The van der Waals surface area contributed by atoms with Crippen molar-refractivity contribution in [2.45, 2.75) is 0 Å². The van der Waals surface area contributed by atoms with E-state index in [0.717, 1.165) is 15.2 Å². The monoisotopic (exact) mass is 276 g/mol. The van der Waals surface area contributed by atoms with E-state index in [-0.39, 0.29) is 5.75 Å². The van der Waals surface area contributed by atoms with Gasteiger partial charge in [0.05, 0.1) is 20.8 Å². The summed E-state index contributed by atoms with van der Waals surface area (Å²) < 4.78 is 0.922. The summed E-state index contributed by atoms with van der Waals surface area (Å²) in [5.41, 5.74) is 7.63. The second-order valence-electron chi connectivity index (χ2n) is 3.88. The predicted molar refractivity (Wildman–Crippen MR) is 76.1 cm³/mol. The minimum Gasteiger partial charge on any atom is -0.507 e. The summed E-state index contributed by atoms with van der Waals surface area (Å²) in [7, 11) is 0. The molecule has 3 nitrogen and oxygen atoms in total. The average Bonchev–Trinajstić information content (AvgIpc) is 2.74. The molecule has 0 aliphatic carbocycles. The second kappa shape index (κ2) is 4.15. The van der Waals surface area contributed by atoms with Crippen molar-refractivity contribution in [1.29, 1.82) is 0 Å². The standard InChI is InChI=1S/C13H9ClN2OS/c14-9-2-1-3-10-12(9)18-13(16-10)8-5-4-7(15)6-11(8)17/h1-6,17H,15H2. The van der Waals surface area contributed by atoms with Crippen molar-refractivity contribution in [1.82, 2.24) is 4.98 Å². The Morgan fingerprint density at radius 2 is 2.06 bits per heavy atom. The number of fused-ring (bicyclic) bond motifs is 1. The number of halogens is 1. The third kappa shape index (κ3) is 1.79. The van der Waals surface area contributed by atoms with Crippen molar-refractivity contribution < 1.29 is 5.11 Å². The minimum absolute atomic E-state index is 0.130. The molecular weight excluding hydrogens is 268 g/mol. The first-order chi connectivity index (χ1) is 8.65. The fraction of sp³-hybridized carbons (Fsp3) is 0. The summed E-state index contributed by atoms with van der Waals surface area (Å²) in [6.07, 6.45) is 0. The van der Waals surface area contributed by atoms with Gasteiger partial charge in [0.25, 0.3) is 0 Å². The number of phenols is 1. The fourth-order valence-corrected chi connectivity index (χ4v) is 3.05. The van der Waals surface area contributed by atoms with Crippen LogP contribution in [-0.4, -0.2) is 10.1 Å². The SMILES string of the molecule is Nc1ccc(-c2nc3cccc(Cl)c3s2)c(O)c1. The van der Waals surface area contributed by atoms with Crippen LogP contribution in [-0.2, 0) is 0 Å². The maximum Gasteiger partial charge on any atom is 0.128 e. The Morgan fingerprint density at radius 1 is 1.22 bits per heavy atom. The molecule has 0 unspecified atom stereocenters. The Hall–Kier alpha value is -1.78. The highest BCUT2D eigenvalue weighted by molar-refractivity contribution is 7.22. The van der Waals surface area contributed by atoms with Gasteiger partial charge in [0, 0.05) is 11.8 Å². The maximum absolute atomic E-state index is 9.89. The normalized spacial score (nSPS) is 10.9. The molecule has 1 heterocycles. The third-order valence-electron chi connectivity index (χ3n) is 2.62. The van der Waals surface area contributed by atoms with E-state index in [4.69, 9.17) is 17.3 Å². The molecule has 0 atom stereocenters. The molecule has 1 aromatic heterocycles. The fourth-order valence-electron chi connectivity index (χ4n) is 1.76. The average molecular weight is 277 g/mol. The number of nitrogen functional groups attached to an aromatic ring is 1. The smallest absolute Gasteiger partial charge is 0.128 e. The highest BCUT2D eigenvalue weighted by Gasteiger charge is 2.11. The number of nitrogens with zero attached hydrogens (tertiary/aromatic N) is 1. The molecule has 0 fully saturated rings. The van der Waals surface area contributed by atoms with E-state index >= 15 is 0 Å². The third-order valence-corrected chi connectivity index (χ3v) is 4.18. The molecule has 0 radical (unpaired) electrons. The lowest BCUT2D eigenvalue weighted by Crippen LogP contribution is -1.84. The van der Waals surface area contributed by atoms with Crippen LogP contribution < -0.4 is 5.73 Å². The van der Waals surface area contributed by atoms with Crippen LogP contribution in [0.5, 0.6) is 5.75 Å². The molecule has 0 saturated carbocycles. The summed E-state index contributed by atoms with van der Waals surface area (Å²) in [4.78, 5) is 4.47. The van der Waals surface area contributed by atoms with Crippen molar-refractivity contribution in [3.63, 3.8) is 0 Å². The number of nitrogens with two attached hydrogens (primary N) is 1. The van der Waals surface area contributed by atoms with Crippen LogP contribution in [0.2, 0.25) is 5.02 Å². The Kier molecular flexibility index (Phi) is 2.61. The number of thiazole rings is 1. The number of anilines is 1. The Bertz CT molecular complexity index is 739. The van der Waals surface area contributed by atoms with Crippen LogP contribution >= 0.6 is 22.9 Å². The summed E-state index contributed by atoms with van der Waals surface area (Å²) in [6, 6.07) is 10.6. The number of benzene rings is 2. The van der Waals surface area contributed by atoms with Gasteiger partial charge in [-0.2, -0.15) is 0 Å². The zero-order valence-corrected chi connectivity index (χ0v) is 10.8. The number of hydrogen-bond acceptors (Lipinski definition) is 4. The van der Waals surface area contributed by atoms with Gasteiger partial charge in [0.1, 0.15) is 10.8 Å². The molecule has 0 bridgehead atoms. The molecule has 3 rings (SSSR count). The molecule has 0 aliphatic heterocycles. The van der Waals surface area contributed by atoms with E-state index < -0.39 is 0 Å². The van der Waals surface area contributed by atoms with Crippen molar-refractivity contribution in [3.8, 4) is 16.3 Å². The van der Waals surface area contributed by atoms with Gasteiger partial charge >= 0.3 is 0 Å². The number of phenolic OH excluding ortho intramolecular Hbond substituents is 1. The first-order valence-corrected chi connectivity index (χ1v) is 6.48. The molecule has 0 saturated heterocycles. The van der Waals surface area contributed by atoms with Crippen molar-refractivity contribution in [2.24, 2.45) is 0 Å². The van der Waals surface area contributed by atoms with Crippen molar-refractivity contribution >= 4 is 38.8 Å². The van der Waals surface area contributed by atoms with Crippen molar-refractivity contribution in [3.05, 3.63) is 41.4 Å². The topological polar surface area (TPSA) is 59.1 Å². The van der Waals surface area contributed by atoms with Gasteiger partial charge in [-0.05, 0) is 24.3 Å². The van der Waals surface area contributed by atoms with E-state index in [0.29, 0.717) is 16.3 Å². The molecule has 90 valence electrons. The van der Waals surface area contributed by atoms with Gasteiger partial charge < -0.3 is 10.8 Å². The van der Waals surface area contributed by atoms with Gasteiger partial charge in [0.2, 0.25) is 0 Å². The number of aromatic hydroxyl groups is 1. The van der Waals surface area contributed by atoms with Gasteiger partial charge in [0.15, 0.2) is 0 Å². The van der Waals surface area contributed by atoms with Gasteiger partial charge in [-0.15, -0.1) is 11.3 Å². The lowest BCUT2D eigenvalue weighted by atomic mass is 10.2. The second-order valence-corrected chi connectivity index (χ2v) is 5.29. The van der Waals surface area contributed by atoms with E-state index in [1.54, 1.807) is 12.1 Å². The van der Waals surface area contributed by atoms with Crippen LogP contribution in [0, 0.1) is 0 Å². The van der Waals surface area contributed by atoms with Crippen molar-refractivity contribution in [2.75, 3.05) is 5.73 Å². The minimum atomic E-state index is 0.130. The molecule has 0 aliphatic rings. The number of rotatable bonds is 1. The van der Waals surface area contributed by atoms with E-state index in [1.165, 1.54) is 17.4 Å². The molecule has 3 N–H and O–H groups in total. The molecule has 5 heteroatoms. The molecule has 0 amide bonds. The van der Waals surface area contributed by atoms with Crippen LogP contribution in [0.1, 0.15) is 0 Å². The van der Waals surface area contributed by atoms with Gasteiger partial charge in [-0.3, -0.25) is 0 Å². The van der Waals surface area contributed by atoms with E-state index in [2.05, 4.69) is 4.98 Å². The molecule has 18 heavy (non-hydrogen) atoms. The van der Waals surface area contributed by atoms with Crippen LogP contribution in [0.25, 0.3) is 20.8 Å². The van der Waals surface area contributed by atoms with Crippen LogP contribution in [0.4, 0.5) is 5.69 Å². The van der Waals surface area contributed by atoms with E-state index in [1.807, 2.05) is 18.2 Å². The highest BCUT2D eigenvalue weighted by Crippen LogP contribution is 2.38. The van der Waals surface area contributed by atoms with Crippen LogP contribution in [0.3, 0.4) is 0 Å². The first kappa shape index (κ1) is 11.3. The lowest BCUT2D eigenvalue weighted by molar-refractivity contribution is 0.477. The quantitative estimate of drug-likeness (QED) is 0.663. The molecular formula is C13H9ClN2OS. The highest BCUT2D eigenvalue weighted by atomic mass is 35.5. The van der Waals surface area contributed by atoms with E-state index in [9.17, 15) is 5.11 Å². The molecule has 3 aromatic rings. The number of aromatic nitrogens is 1. The zero-order valence-electron chi connectivity index (χ0n) is 9.22.